The van der Waals surface area contributed by atoms with Crippen LogP contribution >= 0.6 is 0 Å². The first-order chi connectivity index (χ1) is 8.67. The zero-order valence-electron chi connectivity index (χ0n) is 12.9. The molecule has 0 aromatic carbocycles. The summed E-state index contributed by atoms with van der Waals surface area (Å²) < 4.78 is 0. The molecule has 0 unspecified atom stereocenters. The number of nitrogens with zero attached hydrogens (tertiary/aromatic N) is 2. The van der Waals surface area contributed by atoms with E-state index >= 15 is 0 Å². The quantitative estimate of drug-likeness (QED) is 0.570. The lowest BCUT2D eigenvalue weighted by atomic mass is 10.2. The molecule has 1 rings (SSSR count). The lowest BCUT2D eigenvalue weighted by Crippen LogP contribution is -2.38. The van der Waals surface area contributed by atoms with Crippen LogP contribution < -0.4 is 5.32 Å². The summed E-state index contributed by atoms with van der Waals surface area (Å²) >= 11 is 0. The van der Waals surface area contributed by atoms with Crippen LogP contribution in [0.1, 0.15) is 40.5 Å². The second-order valence-corrected chi connectivity index (χ2v) is 5.90. The van der Waals surface area contributed by atoms with Gasteiger partial charge in [0.1, 0.15) is 0 Å². The number of rotatable bonds is 11. The van der Waals surface area contributed by atoms with Gasteiger partial charge in [-0.05, 0) is 31.8 Å². The molecule has 0 aromatic heterocycles. The zero-order valence-corrected chi connectivity index (χ0v) is 12.9. The van der Waals surface area contributed by atoms with Crippen LogP contribution in [0.4, 0.5) is 0 Å². The van der Waals surface area contributed by atoms with Gasteiger partial charge < -0.3 is 10.2 Å². The van der Waals surface area contributed by atoms with Gasteiger partial charge in [-0.25, -0.2) is 0 Å². The van der Waals surface area contributed by atoms with E-state index < -0.39 is 0 Å². The molecular weight excluding hydrogens is 222 g/mol. The van der Waals surface area contributed by atoms with Crippen LogP contribution in [0.15, 0.2) is 0 Å². The van der Waals surface area contributed by atoms with Gasteiger partial charge in [-0.15, -0.1) is 0 Å². The topological polar surface area (TPSA) is 18.5 Å². The summed E-state index contributed by atoms with van der Waals surface area (Å²) in [6.07, 6.45) is 2.85. The van der Waals surface area contributed by atoms with Crippen LogP contribution in [-0.2, 0) is 0 Å². The molecule has 108 valence electrons. The summed E-state index contributed by atoms with van der Waals surface area (Å²) in [6, 6.07) is 0.900. The van der Waals surface area contributed by atoms with Crippen molar-refractivity contribution in [3.63, 3.8) is 0 Å². The molecule has 0 aliphatic heterocycles. The monoisotopic (exact) mass is 255 g/mol. The molecule has 0 saturated heterocycles. The molecule has 0 amide bonds. The number of nitrogens with one attached hydrogen (secondary N) is 1. The molecule has 0 aromatic rings. The van der Waals surface area contributed by atoms with Gasteiger partial charge in [0.2, 0.25) is 0 Å². The van der Waals surface area contributed by atoms with Gasteiger partial charge in [-0.1, -0.05) is 27.7 Å². The first-order valence-corrected chi connectivity index (χ1v) is 7.84. The summed E-state index contributed by atoms with van der Waals surface area (Å²) in [5, 5.41) is 3.59. The Hall–Kier alpha value is -0.120. The molecule has 1 N–H and O–H groups in total. The summed E-state index contributed by atoms with van der Waals surface area (Å²) in [4.78, 5) is 5.15. The maximum absolute atomic E-state index is 3.59. The Labute approximate surface area is 114 Å². The van der Waals surface area contributed by atoms with E-state index in [1.54, 1.807) is 0 Å². The highest BCUT2D eigenvalue weighted by molar-refractivity contribution is 4.85. The van der Waals surface area contributed by atoms with E-state index in [2.05, 4.69) is 42.8 Å². The van der Waals surface area contributed by atoms with Crippen LogP contribution in [0, 0.1) is 5.92 Å². The molecule has 1 aliphatic rings. The van der Waals surface area contributed by atoms with Crippen molar-refractivity contribution in [2.45, 2.75) is 46.6 Å². The Morgan fingerprint density at radius 2 is 1.67 bits per heavy atom. The van der Waals surface area contributed by atoms with E-state index in [1.165, 1.54) is 45.6 Å². The summed E-state index contributed by atoms with van der Waals surface area (Å²) in [7, 11) is 0. The largest absolute Gasteiger partial charge is 0.314 e. The standard InChI is InChI=1S/C15H33N3/c1-5-17(6-2)11-9-16-10-12-18(13-14(3)4)15-7-8-15/h14-16H,5-13H2,1-4H3. The SMILES string of the molecule is CCN(CC)CCNCCN(CC(C)C)C1CC1. The molecule has 0 spiro atoms. The van der Waals surface area contributed by atoms with E-state index in [0.29, 0.717) is 0 Å². The molecule has 1 aliphatic carbocycles. The smallest absolute Gasteiger partial charge is 0.0110 e. The Morgan fingerprint density at radius 1 is 1.06 bits per heavy atom. The maximum atomic E-state index is 3.59. The molecule has 3 heteroatoms. The van der Waals surface area contributed by atoms with Crippen molar-refractivity contribution in [1.82, 2.24) is 15.1 Å². The number of hydrogen-bond donors (Lipinski definition) is 1. The van der Waals surface area contributed by atoms with Crippen molar-refractivity contribution >= 4 is 0 Å². The Morgan fingerprint density at radius 3 is 2.17 bits per heavy atom. The third kappa shape index (κ3) is 6.72. The van der Waals surface area contributed by atoms with Crippen molar-refractivity contribution in [1.29, 1.82) is 0 Å². The van der Waals surface area contributed by atoms with Gasteiger partial charge >= 0.3 is 0 Å². The predicted octanol–water partition coefficient (Wildman–Crippen LogP) is 2.04. The van der Waals surface area contributed by atoms with Crippen molar-refractivity contribution in [3.05, 3.63) is 0 Å². The average molecular weight is 255 g/mol. The van der Waals surface area contributed by atoms with Crippen molar-refractivity contribution < 1.29 is 0 Å². The first kappa shape index (κ1) is 15.9. The molecule has 0 atom stereocenters. The molecule has 1 fully saturated rings. The van der Waals surface area contributed by atoms with Crippen molar-refractivity contribution in [3.8, 4) is 0 Å². The Bertz CT molecular complexity index is 198. The number of likely N-dealkylation sites (N-methyl/N-ethyl adjacent to an activating group) is 1. The fraction of sp³-hybridized carbons (Fsp3) is 1.00. The molecule has 0 radical (unpaired) electrons. The van der Waals surface area contributed by atoms with E-state index in [4.69, 9.17) is 0 Å². The normalized spacial score (nSPS) is 16.2. The third-order valence-electron chi connectivity index (χ3n) is 3.74. The average Bonchev–Trinajstić information content (AvgIpc) is 3.16. The van der Waals surface area contributed by atoms with Crippen LogP contribution in [0.5, 0.6) is 0 Å². The first-order valence-electron chi connectivity index (χ1n) is 7.84. The highest BCUT2D eigenvalue weighted by atomic mass is 15.2. The second kappa shape index (κ2) is 8.89. The lowest BCUT2D eigenvalue weighted by Gasteiger charge is -2.24. The van der Waals surface area contributed by atoms with Gasteiger partial charge in [-0.3, -0.25) is 4.90 Å². The fourth-order valence-corrected chi connectivity index (χ4v) is 2.46. The van der Waals surface area contributed by atoms with Gasteiger partial charge in [0.05, 0.1) is 0 Å². The van der Waals surface area contributed by atoms with Gasteiger partial charge in [-0.2, -0.15) is 0 Å². The highest BCUT2D eigenvalue weighted by Crippen LogP contribution is 2.26. The van der Waals surface area contributed by atoms with E-state index in [9.17, 15) is 0 Å². The molecule has 3 nitrogen and oxygen atoms in total. The maximum Gasteiger partial charge on any atom is 0.0110 e. The lowest BCUT2D eigenvalue weighted by molar-refractivity contribution is 0.231. The minimum atomic E-state index is 0.793. The summed E-state index contributed by atoms with van der Waals surface area (Å²) in [6.45, 7) is 17.4. The van der Waals surface area contributed by atoms with E-state index in [-0.39, 0.29) is 0 Å². The Balaban J connectivity index is 2.04. The van der Waals surface area contributed by atoms with Crippen LogP contribution in [0.2, 0.25) is 0 Å². The predicted molar refractivity (Wildman–Crippen MR) is 80.1 cm³/mol. The van der Waals surface area contributed by atoms with E-state index in [1.807, 2.05) is 0 Å². The Kier molecular flexibility index (Phi) is 7.87. The minimum Gasteiger partial charge on any atom is -0.314 e. The van der Waals surface area contributed by atoms with Gasteiger partial charge in [0.25, 0.3) is 0 Å². The molecule has 1 saturated carbocycles. The van der Waals surface area contributed by atoms with Crippen molar-refractivity contribution in [2.24, 2.45) is 5.92 Å². The van der Waals surface area contributed by atoms with Gasteiger partial charge in [0, 0.05) is 38.8 Å². The molecule has 0 heterocycles. The van der Waals surface area contributed by atoms with Crippen molar-refractivity contribution in [2.75, 3.05) is 45.8 Å². The molecular formula is C15H33N3. The number of hydrogen-bond acceptors (Lipinski definition) is 3. The van der Waals surface area contributed by atoms with Crippen LogP contribution in [-0.4, -0.2) is 61.7 Å². The summed E-state index contributed by atoms with van der Waals surface area (Å²) in [5.74, 6) is 0.793. The third-order valence-corrected chi connectivity index (χ3v) is 3.74. The fourth-order valence-electron chi connectivity index (χ4n) is 2.46. The molecule has 0 bridgehead atoms. The summed E-state index contributed by atoms with van der Waals surface area (Å²) in [5.41, 5.74) is 0. The molecule has 18 heavy (non-hydrogen) atoms. The van der Waals surface area contributed by atoms with Crippen LogP contribution in [0.3, 0.4) is 0 Å². The highest BCUT2D eigenvalue weighted by Gasteiger charge is 2.28. The van der Waals surface area contributed by atoms with E-state index in [0.717, 1.165) is 25.0 Å². The second-order valence-electron chi connectivity index (χ2n) is 5.90. The van der Waals surface area contributed by atoms with Crippen LogP contribution in [0.25, 0.3) is 0 Å². The zero-order chi connectivity index (χ0) is 13.4. The minimum absolute atomic E-state index is 0.793. The van der Waals surface area contributed by atoms with Gasteiger partial charge in [0.15, 0.2) is 0 Å².